The number of thioether (sulfide) groups is 1. The zero-order chi connectivity index (χ0) is 25.1. The Bertz CT molecular complexity index is 1330. The normalized spacial score (nSPS) is 15.8. The third kappa shape index (κ3) is 6.00. The van der Waals surface area contributed by atoms with E-state index in [-0.39, 0.29) is 18.1 Å². The predicted octanol–water partition coefficient (Wildman–Crippen LogP) is 7.16. The number of carboxylic acid groups (broad SMARTS) is 1. The van der Waals surface area contributed by atoms with Gasteiger partial charge >= 0.3 is 5.97 Å². The molecule has 0 aliphatic carbocycles. The number of ether oxygens (including phenoxy) is 1. The Morgan fingerprint density at radius 2 is 1.69 bits per heavy atom. The van der Waals surface area contributed by atoms with Crippen molar-refractivity contribution in [2.45, 2.75) is 6.61 Å². The van der Waals surface area contributed by atoms with E-state index in [2.05, 4.69) is 4.99 Å². The number of nitrogens with zero attached hydrogens (tertiary/aromatic N) is 2. The quantitative estimate of drug-likeness (QED) is 0.331. The third-order valence-electron chi connectivity index (χ3n) is 4.96. The molecule has 1 aliphatic heterocycles. The zero-order valence-electron chi connectivity index (χ0n) is 18.2. The molecular weight excluding hydrogens is 531 g/mol. The van der Waals surface area contributed by atoms with Crippen molar-refractivity contribution in [3.05, 3.63) is 97.3 Å². The number of carbonyl (C=O) groups excluding carboxylic acids is 1. The van der Waals surface area contributed by atoms with Crippen LogP contribution in [0.25, 0.3) is 6.08 Å². The maximum atomic E-state index is 12.8. The van der Waals surface area contributed by atoms with Crippen molar-refractivity contribution in [3.63, 3.8) is 0 Å². The summed E-state index contributed by atoms with van der Waals surface area (Å²) in [4.78, 5) is 30.1. The van der Waals surface area contributed by atoms with Crippen LogP contribution in [0.3, 0.4) is 0 Å². The molecule has 1 N–H and O–H groups in total. The van der Waals surface area contributed by atoms with Gasteiger partial charge in [0.1, 0.15) is 6.61 Å². The molecule has 3 aromatic carbocycles. The van der Waals surface area contributed by atoms with Gasteiger partial charge in [0.05, 0.1) is 26.2 Å². The first-order valence-electron chi connectivity index (χ1n) is 10.2. The van der Waals surface area contributed by atoms with E-state index in [1.807, 2.05) is 12.1 Å². The number of hydrogen-bond acceptors (Lipinski definition) is 5. The molecule has 1 aliphatic rings. The van der Waals surface area contributed by atoms with Crippen molar-refractivity contribution in [1.82, 2.24) is 4.90 Å². The predicted molar refractivity (Wildman–Crippen MR) is 141 cm³/mol. The van der Waals surface area contributed by atoms with Gasteiger partial charge in [-0.1, -0.05) is 46.9 Å². The van der Waals surface area contributed by atoms with E-state index >= 15 is 0 Å². The van der Waals surface area contributed by atoms with Gasteiger partial charge in [-0.15, -0.1) is 0 Å². The molecule has 3 aromatic rings. The van der Waals surface area contributed by atoms with E-state index in [0.717, 1.165) is 5.56 Å². The Labute approximate surface area is 220 Å². The number of aliphatic imine (C=N–C) groups is 1. The summed E-state index contributed by atoms with van der Waals surface area (Å²) >= 11 is 19.9. The lowest BCUT2D eigenvalue weighted by atomic mass is 10.2. The summed E-state index contributed by atoms with van der Waals surface area (Å²) in [6, 6.07) is 16.7. The molecule has 35 heavy (non-hydrogen) atoms. The minimum absolute atomic E-state index is 0.160. The highest BCUT2D eigenvalue weighted by atomic mass is 35.5. The molecule has 6 nitrogen and oxygen atoms in total. The molecule has 1 heterocycles. The summed E-state index contributed by atoms with van der Waals surface area (Å²) < 4.78 is 5.80. The number of halogens is 3. The number of rotatable bonds is 6. The molecule has 178 valence electrons. The number of benzene rings is 3. The van der Waals surface area contributed by atoms with Crippen molar-refractivity contribution in [2.24, 2.45) is 4.99 Å². The van der Waals surface area contributed by atoms with Crippen LogP contribution >= 0.6 is 46.6 Å². The lowest BCUT2D eigenvalue weighted by Gasteiger charge is -2.11. The molecule has 0 bridgehead atoms. The van der Waals surface area contributed by atoms with Crippen LogP contribution in [0.2, 0.25) is 15.1 Å². The van der Waals surface area contributed by atoms with Crippen LogP contribution < -0.4 is 4.74 Å². The summed E-state index contributed by atoms with van der Waals surface area (Å²) in [5.74, 6) is -0.901. The Morgan fingerprint density at radius 3 is 2.29 bits per heavy atom. The van der Waals surface area contributed by atoms with Gasteiger partial charge in [-0.05, 0) is 77.5 Å². The van der Waals surface area contributed by atoms with E-state index in [9.17, 15) is 9.59 Å². The average molecular weight is 548 g/mol. The number of likely N-dealkylation sites (N-methyl/N-ethyl adjacent to an activating group) is 1. The molecule has 0 spiro atoms. The largest absolute Gasteiger partial charge is 0.486 e. The van der Waals surface area contributed by atoms with Crippen LogP contribution in [0, 0.1) is 0 Å². The molecule has 1 saturated heterocycles. The number of hydrogen-bond donors (Lipinski definition) is 1. The summed E-state index contributed by atoms with van der Waals surface area (Å²) in [7, 11) is 1.62. The van der Waals surface area contributed by atoms with Crippen molar-refractivity contribution < 1.29 is 19.4 Å². The van der Waals surface area contributed by atoms with Gasteiger partial charge < -0.3 is 9.84 Å². The second kappa shape index (κ2) is 10.7. The SMILES string of the molecule is CN1C(=O)C(=Cc2cc(Cl)c(OCc3ccc(Cl)cc3)c(Cl)c2)SC1=Nc1ccc(C(=O)O)cc1. The van der Waals surface area contributed by atoms with Crippen LogP contribution in [0.5, 0.6) is 5.75 Å². The highest BCUT2D eigenvalue weighted by Crippen LogP contribution is 2.38. The van der Waals surface area contributed by atoms with E-state index in [0.29, 0.717) is 42.1 Å². The van der Waals surface area contributed by atoms with Crippen LogP contribution in [-0.2, 0) is 11.4 Å². The number of carbonyl (C=O) groups is 2. The van der Waals surface area contributed by atoms with Crippen molar-refractivity contribution in [2.75, 3.05) is 7.05 Å². The average Bonchev–Trinajstić information content (AvgIpc) is 3.07. The summed E-state index contributed by atoms with van der Waals surface area (Å²) in [5, 5.41) is 10.8. The Kier molecular flexibility index (Phi) is 7.72. The van der Waals surface area contributed by atoms with Crippen molar-refractivity contribution in [1.29, 1.82) is 0 Å². The maximum Gasteiger partial charge on any atom is 0.335 e. The van der Waals surface area contributed by atoms with E-state index < -0.39 is 5.97 Å². The van der Waals surface area contributed by atoms with Gasteiger partial charge in [0.15, 0.2) is 10.9 Å². The fourth-order valence-electron chi connectivity index (χ4n) is 3.13. The van der Waals surface area contributed by atoms with Gasteiger partial charge in [0.2, 0.25) is 0 Å². The first kappa shape index (κ1) is 25.1. The topological polar surface area (TPSA) is 79.2 Å². The highest BCUT2D eigenvalue weighted by Gasteiger charge is 2.30. The summed E-state index contributed by atoms with van der Waals surface area (Å²) in [6.07, 6.45) is 1.68. The van der Waals surface area contributed by atoms with Gasteiger partial charge in [-0.3, -0.25) is 9.69 Å². The second-order valence-corrected chi connectivity index (χ2v) is 9.71. The first-order valence-corrected chi connectivity index (χ1v) is 12.1. The number of amides is 1. The Hall–Kier alpha value is -2.97. The minimum atomic E-state index is -1.02. The maximum absolute atomic E-state index is 12.8. The number of carboxylic acids is 1. The van der Waals surface area contributed by atoms with Crippen molar-refractivity contribution in [3.8, 4) is 5.75 Å². The standard InChI is InChI=1S/C25H17Cl3N2O4S/c1-30-23(31)21(35-25(30)29-18-8-4-16(5-9-18)24(32)33)12-15-10-19(27)22(20(28)11-15)34-13-14-2-6-17(26)7-3-14/h2-12H,13H2,1H3,(H,32,33). The molecule has 0 atom stereocenters. The van der Waals surface area contributed by atoms with Gasteiger partial charge in [0.25, 0.3) is 5.91 Å². The molecule has 10 heteroatoms. The molecular formula is C25H17Cl3N2O4S. The molecule has 1 amide bonds. The molecule has 0 saturated carbocycles. The summed E-state index contributed by atoms with van der Waals surface area (Å²) in [6.45, 7) is 0.267. The Morgan fingerprint density at radius 1 is 1.06 bits per heavy atom. The van der Waals surface area contributed by atoms with Gasteiger partial charge in [-0.25, -0.2) is 9.79 Å². The molecule has 0 aromatic heterocycles. The third-order valence-corrected chi connectivity index (χ3v) is 6.83. The molecule has 0 radical (unpaired) electrons. The summed E-state index contributed by atoms with van der Waals surface area (Å²) in [5.41, 5.74) is 2.24. The molecule has 0 unspecified atom stereocenters. The number of aromatic carboxylic acids is 1. The van der Waals surface area contributed by atoms with E-state index in [4.69, 9.17) is 44.6 Å². The van der Waals surface area contributed by atoms with Gasteiger partial charge in [-0.2, -0.15) is 0 Å². The van der Waals surface area contributed by atoms with Crippen LogP contribution in [0.15, 0.2) is 70.6 Å². The van der Waals surface area contributed by atoms with Crippen molar-refractivity contribution >= 4 is 75.4 Å². The second-order valence-electron chi connectivity index (χ2n) is 7.45. The fraction of sp³-hybridized carbons (Fsp3) is 0.0800. The highest BCUT2D eigenvalue weighted by molar-refractivity contribution is 8.18. The monoisotopic (exact) mass is 546 g/mol. The van der Waals surface area contributed by atoms with Gasteiger partial charge in [0, 0.05) is 12.1 Å². The van der Waals surface area contributed by atoms with E-state index in [1.165, 1.54) is 28.8 Å². The lowest BCUT2D eigenvalue weighted by molar-refractivity contribution is -0.121. The fourth-order valence-corrected chi connectivity index (χ4v) is 4.85. The van der Waals surface area contributed by atoms with Crippen LogP contribution in [0.1, 0.15) is 21.5 Å². The van der Waals surface area contributed by atoms with E-state index in [1.54, 1.807) is 49.5 Å². The molecule has 1 fully saturated rings. The zero-order valence-corrected chi connectivity index (χ0v) is 21.3. The van der Waals surface area contributed by atoms with Crippen LogP contribution in [-0.4, -0.2) is 34.1 Å². The first-order chi connectivity index (χ1) is 16.7. The van der Waals surface area contributed by atoms with Crippen LogP contribution in [0.4, 0.5) is 5.69 Å². The lowest BCUT2D eigenvalue weighted by Crippen LogP contribution is -2.23. The number of amidine groups is 1. The Balaban J connectivity index is 1.52. The molecule has 4 rings (SSSR count). The smallest absolute Gasteiger partial charge is 0.335 e. The minimum Gasteiger partial charge on any atom is -0.486 e.